The van der Waals surface area contributed by atoms with Crippen LogP contribution in [0.4, 0.5) is 0 Å². The third kappa shape index (κ3) is 4.88. The van der Waals surface area contributed by atoms with E-state index in [0.29, 0.717) is 12.2 Å². The van der Waals surface area contributed by atoms with Gasteiger partial charge in [-0.05, 0) is 35.9 Å². The third-order valence-electron chi connectivity index (χ3n) is 3.65. The molecule has 3 rings (SSSR count). The Kier molecular flexibility index (Phi) is 5.75. The van der Waals surface area contributed by atoms with Crippen molar-refractivity contribution >= 4 is 17.7 Å². The van der Waals surface area contributed by atoms with Crippen molar-refractivity contribution in [3.05, 3.63) is 90.5 Å². The first kappa shape index (κ1) is 17.1. The van der Waals surface area contributed by atoms with Crippen LogP contribution in [0, 0.1) is 0 Å². The predicted octanol–water partition coefficient (Wildman–Crippen LogP) is 4.91. The topological polar surface area (TPSA) is 46.5 Å². The van der Waals surface area contributed by atoms with E-state index in [1.807, 2.05) is 72.8 Å². The number of hydrogen-bond donors (Lipinski definition) is 1. The molecule has 3 aromatic rings. The van der Waals surface area contributed by atoms with Crippen LogP contribution in [0.5, 0.6) is 5.75 Å². The molecular formula is C21H18O3S. The summed E-state index contributed by atoms with van der Waals surface area (Å²) in [7, 11) is 0. The molecule has 25 heavy (non-hydrogen) atoms. The van der Waals surface area contributed by atoms with Gasteiger partial charge in [0.05, 0.1) is 0 Å². The number of rotatable bonds is 7. The van der Waals surface area contributed by atoms with Crippen molar-refractivity contribution in [3.8, 4) is 5.75 Å². The molecule has 0 radical (unpaired) electrons. The summed E-state index contributed by atoms with van der Waals surface area (Å²) in [5.74, 6) is -0.411. The molecule has 1 N–H and O–H groups in total. The minimum Gasteiger partial charge on any atom is -0.478 e. The van der Waals surface area contributed by atoms with Gasteiger partial charge in [0, 0.05) is 16.2 Å². The first-order chi connectivity index (χ1) is 12.2. The average molecular weight is 350 g/mol. The third-order valence-corrected chi connectivity index (χ3v) is 4.77. The first-order valence-electron chi connectivity index (χ1n) is 7.97. The predicted molar refractivity (Wildman–Crippen MR) is 99.2 cm³/mol. The number of aliphatic carboxylic acids is 1. The minimum atomic E-state index is -0.969. The van der Waals surface area contributed by atoms with E-state index in [1.165, 1.54) is 0 Å². The molecule has 0 aliphatic heterocycles. The van der Waals surface area contributed by atoms with Gasteiger partial charge < -0.3 is 9.84 Å². The van der Waals surface area contributed by atoms with Crippen LogP contribution in [-0.2, 0) is 11.2 Å². The van der Waals surface area contributed by atoms with Gasteiger partial charge >= 0.3 is 5.97 Å². The quantitative estimate of drug-likeness (QED) is 0.657. The summed E-state index contributed by atoms with van der Waals surface area (Å²) in [4.78, 5) is 13.8. The highest BCUT2D eigenvalue weighted by Gasteiger charge is 2.21. The summed E-state index contributed by atoms with van der Waals surface area (Å²) in [6.07, 6.45) is -0.625. The lowest BCUT2D eigenvalue weighted by Crippen LogP contribution is -2.29. The molecule has 0 saturated heterocycles. The Bertz CT molecular complexity index is 819. The Labute approximate surface area is 151 Å². The van der Waals surface area contributed by atoms with E-state index < -0.39 is 12.1 Å². The fourth-order valence-corrected chi connectivity index (χ4v) is 3.41. The smallest absolute Gasteiger partial charge is 0.345 e. The Morgan fingerprint density at radius 2 is 1.48 bits per heavy atom. The average Bonchev–Trinajstić information content (AvgIpc) is 2.64. The number of carboxylic acids is 1. The van der Waals surface area contributed by atoms with Crippen LogP contribution in [0.1, 0.15) is 5.56 Å². The van der Waals surface area contributed by atoms with E-state index >= 15 is 0 Å². The van der Waals surface area contributed by atoms with Crippen LogP contribution >= 0.6 is 11.8 Å². The van der Waals surface area contributed by atoms with Gasteiger partial charge in [-0.25, -0.2) is 4.79 Å². The van der Waals surface area contributed by atoms with E-state index in [9.17, 15) is 9.90 Å². The van der Waals surface area contributed by atoms with Crippen molar-refractivity contribution in [2.45, 2.75) is 22.3 Å². The lowest BCUT2D eigenvalue weighted by atomic mass is 10.1. The second-order valence-corrected chi connectivity index (χ2v) is 6.60. The SMILES string of the molecule is O=C(O)C(Cc1ccccc1Sc1ccccc1)Oc1ccccc1. The Morgan fingerprint density at radius 1 is 0.880 bits per heavy atom. The zero-order valence-corrected chi connectivity index (χ0v) is 14.4. The summed E-state index contributed by atoms with van der Waals surface area (Å²) < 4.78 is 5.68. The van der Waals surface area contributed by atoms with Gasteiger partial charge in [-0.2, -0.15) is 0 Å². The number of carbonyl (C=O) groups is 1. The van der Waals surface area contributed by atoms with Crippen molar-refractivity contribution in [3.63, 3.8) is 0 Å². The molecule has 0 fully saturated rings. The highest BCUT2D eigenvalue weighted by Crippen LogP contribution is 2.31. The van der Waals surface area contributed by atoms with Crippen LogP contribution in [0.25, 0.3) is 0 Å². The van der Waals surface area contributed by atoms with Crippen LogP contribution < -0.4 is 4.74 Å². The molecule has 0 bridgehead atoms. The maximum absolute atomic E-state index is 11.6. The van der Waals surface area contributed by atoms with Crippen molar-refractivity contribution in [2.24, 2.45) is 0 Å². The summed E-state index contributed by atoms with van der Waals surface area (Å²) in [5.41, 5.74) is 0.958. The number of hydrogen-bond acceptors (Lipinski definition) is 3. The molecule has 3 aromatic carbocycles. The number of carboxylic acid groups (broad SMARTS) is 1. The maximum atomic E-state index is 11.6. The number of ether oxygens (including phenoxy) is 1. The molecule has 0 saturated carbocycles. The molecular weight excluding hydrogens is 332 g/mol. The van der Waals surface area contributed by atoms with Crippen LogP contribution in [0.2, 0.25) is 0 Å². The van der Waals surface area contributed by atoms with E-state index in [2.05, 4.69) is 0 Å². The molecule has 0 spiro atoms. The zero-order chi connectivity index (χ0) is 17.5. The Hall–Kier alpha value is -2.72. The fourth-order valence-electron chi connectivity index (χ4n) is 2.43. The molecule has 4 heteroatoms. The highest BCUT2D eigenvalue weighted by atomic mass is 32.2. The summed E-state index contributed by atoms with van der Waals surface area (Å²) >= 11 is 1.63. The fraction of sp³-hybridized carbons (Fsp3) is 0.0952. The lowest BCUT2D eigenvalue weighted by molar-refractivity contribution is -0.145. The molecule has 0 aliphatic rings. The summed E-state index contributed by atoms with van der Waals surface area (Å²) in [6.45, 7) is 0. The van der Waals surface area contributed by atoms with Crippen LogP contribution in [0.15, 0.2) is 94.7 Å². The number of para-hydroxylation sites is 1. The van der Waals surface area contributed by atoms with Gasteiger partial charge in [-0.15, -0.1) is 0 Å². The highest BCUT2D eigenvalue weighted by molar-refractivity contribution is 7.99. The van der Waals surface area contributed by atoms with E-state index in [-0.39, 0.29) is 0 Å². The molecule has 0 aliphatic carbocycles. The molecule has 0 aromatic heterocycles. The van der Waals surface area contributed by atoms with E-state index in [4.69, 9.17) is 4.74 Å². The molecule has 126 valence electrons. The second-order valence-electron chi connectivity index (χ2n) is 5.48. The van der Waals surface area contributed by atoms with E-state index in [0.717, 1.165) is 15.4 Å². The van der Waals surface area contributed by atoms with Crippen molar-refractivity contribution < 1.29 is 14.6 Å². The molecule has 0 amide bonds. The van der Waals surface area contributed by atoms with Gasteiger partial charge in [0.2, 0.25) is 0 Å². The zero-order valence-electron chi connectivity index (χ0n) is 13.5. The lowest BCUT2D eigenvalue weighted by Gasteiger charge is -2.17. The maximum Gasteiger partial charge on any atom is 0.345 e. The summed E-state index contributed by atoms with van der Waals surface area (Å²) in [6, 6.07) is 26.9. The Balaban J connectivity index is 1.79. The van der Waals surface area contributed by atoms with Crippen molar-refractivity contribution in [1.29, 1.82) is 0 Å². The van der Waals surface area contributed by atoms with Crippen molar-refractivity contribution in [2.75, 3.05) is 0 Å². The molecule has 3 nitrogen and oxygen atoms in total. The molecule has 0 heterocycles. The normalized spacial score (nSPS) is 11.7. The summed E-state index contributed by atoms with van der Waals surface area (Å²) in [5, 5.41) is 9.54. The molecule has 1 atom stereocenters. The van der Waals surface area contributed by atoms with Crippen LogP contribution in [0.3, 0.4) is 0 Å². The first-order valence-corrected chi connectivity index (χ1v) is 8.79. The van der Waals surface area contributed by atoms with Crippen LogP contribution in [-0.4, -0.2) is 17.2 Å². The second kappa shape index (κ2) is 8.40. The molecule has 1 unspecified atom stereocenters. The number of benzene rings is 3. The monoisotopic (exact) mass is 350 g/mol. The minimum absolute atomic E-state index is 0.306. The Morgan fingerprint density at radius 3 is 2.16 bits per heavy atom. The van der Waals surface area contributed by atoms with Gasteiger partial charge in [0.15, 0.2) is 6.10 Å². The van der Waals surface area contributed by atoms with E-state index in [1.54, 1.807) is 23.9 Å². The van der Waals surface area contributed by atoms with Gasteiger partial charge in [0.1, 0.15) is 5.75 Å². The largest absolute Gasteiger partial charge is 0.478 e. The van der Waals surface area contributed by atoms with Gasteiger partial charge in [0.25, 0.3) is 0 Å². The standard InChI is InChI=1S/C21H18O3S/c22-21(23)19(24-17-10-3-1-4-11-17)15-16-9-7-8-14-20(16)25-18-12-5-2-6-13-18/h1-14,19H,15H2,(H,22,23). The van der Waals surface area contributed by atoms with Crippen molar-refractivity contribution in [1.82, 2.24) is 0 Å². The van der Waals surface area contributed by atoms with Gasteiger partial charge in [-0.1, -0.05) is 66.4 Å². The van der Waals surface area contributed by atoms with Gasteiger partial charge in [-0.3, -0.25) is 0 Å².